The van der Waals surface area contributed by atoms with Crippen molar-refractivity contribution in [3.63, 3.8) is 0 Å². The van der Waals surface area contributed by atoms with Crippen molar-refractivity contribution in [2.24, 2.45) is 15.4 Å². The molecule has 0 fully saturated rings. The number of sulfonamides is 1. The average Bonchev–Trinajstić information content (AvgIpc) is 3.25. The van der Waals surface area contributed by atoms with Crippen molar-refractivity contribution in [2.45, 2.75) is 43.1 Å². The van der Waals surface area contributed by atoms with Crippen LogP contribution in [0.25, 0.3) is 9.69 Å². The van der Waals surface area contributed by atoms with Crippen molar-refractivity contribution in [1.82, 2.24) is 19.7 Å². The van der Waals surface area contributed by atoms with Crippen LogP contribution in [-0.2, 0) is 26.1 Å². The fourth-order valence-corrected chi connectivity index (χ4v) is 4.42. The van der Waals surface area contributed by atoms with Crippen LogP contribution in [0, 0.1) is 13.1 Å². The molecule has 31 heavy (non-hydrogen) atoms. The van der Waals surface area contributed by atoms with Gasteiger partial charge in [0.25, 0.3) is 22.1 Å². The lowest BCUT2D eigenvalue weighted by Gasteiger charge is -2.10. The minimum Gasteiger partial charge on any atom is -0.460 e. The third-order valence-corrected chi connectivity index (χ3v) is 6.01. The summed E-state index contributed by atoms with van der Waals surface area (Å²) in [5, 5.41) is 18.7. The van der Waals surface area contributed by atoms with Crippen LogP contribution in [-0.4, -0.2) is 46.0 Å². The number of carbonyl (C=O) groups is 1. The summed E-state index contributed by atoms with van der Waals surface area (Å²) in [5.74, 6) is -1.15. The van der Waals surface area contributed by atoms with Crippen LogP contribution in [0.1, 0.15) is 32.0 Å². The van der Waals surface area contributed by atoms with Crippen LogP contribution in [0.5, 0.6) is 0 Å². The largest absolute Gasteiger partial charge is 0.460 e. The molecular weight excluding hydrogens is 466 g/mol. The van der Waals surface area contributed by atoms with E-state index in [1.165, 1.54) is 11.8 Å². The predicted octanol–water partition coefficient (Wildman–Crippen LogP) is 2.97. The first-order chi connectivity index (χ1) is 14.6. The molecule has 16 heteroatoms. The van der Waals surface area contributed by atoms with Gasteiger partial charge < -0.3 is 14.4 Å². The van der Waals surface area contributed by atoms with Crippen LogP contribution in [0.4, 0.5) is 16.8 Å². The van der Waals surface area contributed by atoms with Crippen LogP contribution < -0.4 is 5.14 Å². The Morgan fingerprint density at radius 3 is 2.61 bits per heavy atom. The van der Waals surface area contributed by atoms with E-state index in [4.69, 9.17) is 23.0 Å². The second-order valence-electron chi connectivity index (χ2n) is 5.91. The fraction of sp³-hybridized carbons (Fsp3) is 0.467. The highest BCUT2D eigenvalue weighted by Crippen LogP contribution is 2.35. The number of ether oxygens (including phenoxy) is 1. The van der Waals surface area contributed by atoms with Gasteiger partial charge in [-0.15, -0.1) is 15.3 Å². The topological polar surface area (TPSA) is 164 Å². The van der Waals surface area contributed by atoms with Gasteiger partial charge in [0, 0.05) is 0 Å². The monoisotopic (exact) mass is 483 g/mol. The number of carbonyl (C=O) groups excluding carboxylic acids is 1. The molecule has 0 aliphatic heterocycles. The van der Waals surface area contributed by atoms with Crippen LogP contribution in [0.2, 0.25) is 0 Å². The van der Waals surface area contributed by atoms with Gasteiger partial charge in [0.05, 0.1) is 6.10 Å². The molecule has 2 aromatic heterocycles. The minimum absolute atomic E-state index is 0.0812. The summed E-state index contributed by atoms with van der Waals surface area (Å²) in [7, 11) is -4.44. The van der Waals surface area contributed by atoms with Crippen molar-refractivity contribution >= 4 is 55.9 Å². The predicted molar refractivity (Wildman–Crippen MR) is 113 cm³/mol. The van der Waals surface area contributed by atoms with E-state index in [1.54, 1.807) is 13.8 Å². The van der Waals surface area contributed by atoms with Gasteiger partial charge in [0.2, 0.25) is 10.0 Å². The van der Waals surface area contributed by atoms with Gasteiger partial charge in [-0.05, 0) is 19.6 Å². The first kappa shape index (κ1) is 24.4. The van der Waals surface area contributed by atoms with Gasteiger partial charge in [0.15, 0.2) is 10.9 Å². The van der Waals surface area contributed by atoms with Gasteiger partial charge in [-0.2, -0.15) is 5.11 Å². The molecule has 0 aliphatic carbocycles. The number of azo groups is 1. The smallest absolute Gasteiger partial charge is 0.347 e. The number of esters is 1. The summed E-state index contributed by atoms with van der Waals surface area (Å²) < 4.78 is 31.1. The molecular formula is C15H17N9O4S3. The maximum Gasteiger partial charge on any atom is 0.347 e. The lowest BCUT2D eigenvalue weighted by molar-refractivity contribution is -0.148. The highest BCUT2D eigenvalue weighted by atomic mass is 32.2. The summed E-state index contributed by atoms with van der Waals surface area (Å²) in [6.07, 6.45) is -0.447. The molecule has 0 saturated heterocycles. The summed E-state index contributed by atoms with van der Waals surface area (Å²) in [4.78, 5) is 22.4. The molecule has 0 bridgehead atoms. The van der Waals surface area contributed by atoms with Gasteiger partial charge in [-0.3, -0.25) is 4.57 Å². The summed E-state index contributed by atoms with van der Waals surface area (Å²) in [5.41, 5.74) is 0. The lowest BCUT2D eigenvalue weighted by Crippen LogP contribution is -2.25. The number of nitrogens with two attached hydrogens (primary N) is 1. The van der Waals surface area contributed by atoms with Crippen LogP contribution in [0.15, 0.2) is 14.6 Å². The third kappa shape index (κ3) is 6.28. The third-order valence-electron chi connectivity index (χ3n) is 3.26. The van der Waals surface area contributed by atoms with Crippen molar-refractivity contribution in [3.05, 3.63) is 28.7 Å². The number of primary sulfonamides is 1. The Hall–Kier alpha value is -2.92. The van der Waals surface area contributed by atoms with E-state index in [9.17, 15) is 13.2 Å². The normalized spacial score (nSPS) is 12.6. The summed E-state index contributed by atoms with van der Waals surface area (Å²) in [6, 6.07) is 0. The zero-order valence-corrected chi connectivity index (χ0v) is 19.0. The molecule has 0 aliphatic rings. The zero-order chi connectivity index (χ0) is 23.2. The number of hydrogen-bond acceptors (Lipinski definition) is 11. The first-order valence-electron chi connectivity index (χ1n) is 8.54. The Kier molecular flexibility index (Phi) is 8.17. The molecule has 2 aromatic rings. The Bertz CT molecular complexity index is 1170. The zero-order valence-electron chi connectivity index (χ0n) is 16.6. The Balaban J connectivity index is 2.54. The van der Waals surface area contributed by atoms with E-state index in [0.717, 1.165) is 21.7 Å². The molecule has 164 valence electrons. The summed E-state index contributed by atoms with van der Waals surface area (Å²) in [6.45, 7) is 19.1. The molecule has 0 amide bonds. The Morgan fingerprint density at radius 1 is 1.35 bits per heavy atom. The maximum absolute atomic E-state index is 12.2. The van der Waals surface area contributed by atoms with Crippen molar-refractivity contribution in [3.8, 4) is 0 Å². The Morgan fingerprint density at radius 2 is 2.06 bits per heavy atom. The number of rotatable bonds is 9. The highest BCUT2D eigenvalue weighted by molar-refractivity contribution is 8.01. The molecule has 1 unspecified atom stereocenters. The molecule has 0 saturated carbocycles. The van der Waals surface area contributed by atoms with Gasteiger partial charge in [-0.25, -0.2) is 18.4 Å². The van der Waals surface area contributed by atoms with Crippen molar-refractivity contribution in [2.75, 3.05) is 5.75 Å². The van der Waals surface area contributed by atoms with Gasteiger partial charge in [-0.1, -0.05) is 48.2 Å². The van der Waals surface area contributed by atoms with E-state index in [2.05, 4.69) is 35.1 Å². The number of thioether (sulfide) groups is 1. The minimum atomic E-state index is -4.44. The number of aromatic nitrogens is 4. The molecule has 0 radical (unpaired) electrons. The number of imidazole rings is 1. The van der Waals surface area contributed by atoms with E-state index >= 15 is 0 Å². The SMILES string of the molecule is [C-]#[N+]c1nc(C(/N=N/c2nnc(SCC)s2)S(N)(=O)=O)n(CC(=O)OC(C)C)c1[N+]#[C-]. The van der Waals surface area contributed by atoms with Crippen LogP contribution in [0.3, 0.4) is 0 Å². The molecule has 1 atom stereocenters. The lowest BCUT2D eigenvalue weighted by atomic mass is 10.4. The van der Waals surface area contributed by atoms with Gasteiger partial charge >= 0.3 is 11.8 Å². The first-order valence-corrected chi connectivity index (χ1v) is 11.9. The quantitative estimate of drug-likeness (QED) is 0.246. The second-order valence-corrected chi connectivity index (χ2v) is 10.00. The standard InChI is InChI=1S/C15H17N9O4S3/c1-6-29-15-23-22-14(30-15)21-20-13(31(16,26)27)12-19-10(17-4)11(18-5)24(12)7-9(25)28-8(2)3/h8,13H,6-7H2,1-3H3,(H2,16,26,27)/b21-20+. The number of nitrogens with zero attached hydrogens (tertiary/aromatic N) is 8. The molecule has 2 N–H and O–H groups in total. The average molecular weight is 484 g/mol. The highest BCUT2D eigenvalue weighted by Gasteiger charge is 2.38. The molecule has 0 aromatic carbocycles. The molecule has 13 nitrogen and oxygen atoms in total. The summed E-state index contributed by atoms with van der Waals surface area (Å²) >= 11 is 2.51. The van der Waals surface area contributed by atoms with Crippen LogP contribution >= 0.6 is 23.1 Å². The molecule has 2 rings (SSSR count). The van der Waals surface area contributed by atoms with Crippen molar-refractivity contribution < 1.29 is 17.9 Å². The maximum atomic E-state index is 12.2. The van der Waals surface area contributed by atoms with E-state index in [0.29, 0.717) is 4.34 Å². The van der Waals surface area contributed by atoms with Gasteiger partial charge in [0.1, 0.15) is 0 Å². The van der Waals surface area contributed by atoms with E-state index in [-0.39, 0.29) is 10.9 Å². The van der Waals surface area contributed by atoms with E-state index in [1.807, 2.05) is 6.92 Å². The second kappa shape index (κ2) is 10.4. The van der Waals surface area contributed by atoms with E-state index < -0.39 is 45.7 Å². The van der Waals surface area contributed by atoms with Crippen molar-refractivity contribution in [1.29, 1.82) is 0 Å². The Labute approximate surface area is 186 Å². The molecule has 0 spiro atoms. The fourth-order valence-electron chi connectivity index (χ4n) is 2.20. The number of hydrogen-bond donors (Lipinski definition) is 1. The molecule has 2 heterocycles.